The second-order valence-electron chi connectivity index (χ2n) is 2.51. The molecule has 3 heteroatoms. The maximum atomic E-state index is 10.4. The van der Waals surface area contributed by atoms with Crippen LogP contribution in [0.5, 0.6) is 0 Å². The van der Waals surface area contributed by atoms with Crippen molar-refractivity contribution in [2.24, 2.45) is 0 Å². The Morgan fingerprint density at radius 1 is 1.64 bits per heavy atom. The van der Waals surface area contributed by atoms with Gasteiger partial charge in [0.05, 0.1) is 6.10 Å². The van der Waals surface area contributed by atoms with Gasteiger partial charge in [-0.05, 0) is 13.3 Å². The molecule has 0 aromatic heterocycles. The van der Waals surface area contributed by atoms with E-state index in [2.05, 4.69) is 6.92 Å². The number of esters is 1. The quantitative estimate of drug-likeness (QED) is 0.344. The summed E-state index contributed by atoms with van der Waals surface area (Å²) in [6.45, 7) is 3.85. The van der Waals surface area contributed by atoms with Crippen LogP contribution in [-0.2, 0) is 14.3 Å². The molecule has 0 aromatic rings. The van der Waals surface area contributed by atoms with Gasteiger partial charge >= 0.3 is 5.97 Å². The number of ether oxygens (including phenoxy) is 1. The van der Waals surface area contributed by atoms with Gasteiger partial charge < -0.3 is 4.74 Å². The molecule has 0 saturated carbocycles. The molecule has 0 aliphatic rings. The molecule has 0 aliphatic carbocycles. The van der Waals surface area contributed by atoms with Crippen molar-refractivity contribution in [3.8, 4) is 0 Å². The van der Waals surface area contributed by atoms with Crippen LogP contribution in [0.2, 0.25) is 0 Å². The zero-order valence-corrected chi connectivity index (χ0v) is 7.00. The van der Waals surface area contributed by atoms with Gasteiger partial charge in [-0.1, -0.05) is 19.8 Å². The summed E-state index contributed by atoms with van der Waals surface area (Å²) in [6.07, 6.45) is 2.99. The summed E-state index contributed by atoms with van der Waals surface area (Å²) < 4.78 is 4.69. The average Bonchev–Trinajstić information content (AvgIpc) is 2.00. The summed E-state index contributed by atoms with van der Waals surface area (Å²) in [6, 6.07) is 0. The minimum atomic E-state index is -0.770. The molecule has 0 amide bonds. The van der Waals surface area contributed by atoms with Crippen molar-refractivity contribution in [1.29, 1.82) is 0 Å². The molecular formula is C8H14O3. The first-order valence-electron chi connectivity index (χ1n) is 3.86. The average molecular weight is 158 g/mol. The Kier molecular flexibility index (Phi) is 5.43. The third-order valence-corrected chi connectivity index (χ3v) is 1.38. The molecule has 0 saturated heterocycles. The number of unbranched alkanes of at least 4 members (excludes halogenated alkanes) is 1. The number of carbonyl (C=O) groups is 2. The van der Waals surface area contributed by atoms with Crippen molar-refractivity contribution >= 4 is 12.3 Å². The molecule has 0 rings (SSSR count). The lowest BCUT2D eigenvalue weighted by atomic mass is 10.2. The maximum absolute atomic E-state index is 10.4. The van der Waals surface area contributed by atoms with Crippen LogP contribution in [0.3, 0.4) is 0 Å². The zero-order valence-electron chi connectivity index (χ0n) is 7.00. The van der Waals surface area contributed by atoms with E-state index in [1.807, 2.05) is 0 Å². The van der Waals surface area contributed by atoms with Crippen LogP contribution in [0.25, 0.3) is 0 Å². The Balaban J connectivity index is 3.43. The third kappa shape index (κ3) is 5.58. The van der Waals surface area contributed by atoms with Gasteiger partial charge in [0.2, 0.25) is 6.29 Å². The fourth-order valence-corrected chi connectivity index (χ4v) is 0.777. The summed E-state index contributed by atoms with van der Waals surface area (Å²) in [5, 5.41) is 0. The Hall–Kier alpha value is -0.860. The van der Waals surface area contributed by atoms with Crippen LogP contribution in [0.1, 0.15) is 33.1 Å². The van der Waals surface area contributed by atoms with Gasteiger partial charge in [-0.15, -0.1) is 0 Å². The van der Waals surface area contributed by atoms with E-state index in [1.165, 1.54) is 0 Å². The van der Waals surface area contributed by atoms with Crippen molar-refractivity contribution < 1.29 is 14.3 Å². The van der Waals surface area contributed by atoms with Crippen LogP contribution in [-0.4, -0.2) is 18.4 Å². The Morgan fingerprint density at radius 2 is 2.27 bits per heavy atom. The third-order valence-electron chi connectivity index (χ3n) is 1.38. The Morgan fingerprint density at radius 3 is 2.73 bits per heavy atom. The van der Waals surface area contributed by atoms with E-state index in [-0.39, 0.29) is 12.4 Å². The minimum Gasteiger partial charge on any atom is -0.457 e. The van der Waals surface area contributed by atoms with E-state index in [9.17, 15) is 9.59 Å². The highest BCUT2D eigenvalue weighted by molar-refractivity contribution is 6.20. The molecule has 0 N–H and O–H groups in total. The topological polar surface area (TPSA) is 43.4 Å². The summed E-state index contributed by atoms with van der Waals surface area (Å²) in [5.74, 6) is -0.770. The number of hydrogen-bond donors (Lipinski definition) is 0. The normalized spacial score (nSPS) is 12.2. The summed E-state index contributed by atoms with van der Waals surface area (Å²) in [5.41, 5.74) is 0. The van der Waals surface area contributed by atoms with Crippen LogP contribution in [0.15, 0.2) is 0 Å². The van der Waals surface area contributed by atoms with Gasteiger partial charge in [-0.25, -0.2) is 4.79 Å². The van der Waals surface area contributed by atoms with E-state index in [1.54, 1.807) is 6.92 Å². The summed E-state index contributed by atoms with van der Waals surface area (Å²) in [7, 11) is 0. The highest BCUT2D eigenvalue weighted by Crippen LogP contribution is 2.03. The first kappa shape index (κ1) is 10.1. The van der Waals surface area contributed by atoms with E-state index in [4.69, 9.17) is 4.74 Å². The molecule has 0 aromatic carbocycles. The SMILES string of the molecule is CCCCC(C)OC(=O)C=O. The van der Waals surface area contributed by atoms with Crippen molar-refractivity contribution in [1.82, 2.24) is 0 Å². The lowest BCUT2D eigenvalue weighted by Gasteiger charge is -2.09. The predicted molar refractivity (Wildman–Crippen MR) is 41.1 cm³/mol. The first-order valence-corrected chi connectivity index (χ1v) is 3.86. The molecule has 64 valence electrons. The Labute approximate surface area is 66.7 Å². The van der Waals surface area contributed by atoms with Crippen molar-refractivity contribution in [2.45, 2.75) is 39.2 Å². The molecule has 0 heterocycles. The van der Waals surface area contributed by atoms with Gasteiger partial charge in [0.15, 0.2) is 0 Å². The van der Waals surface area contributed by atoms with Gasteiger partial charge in [0, 0.05) is 0 Å². The first-order chi connectivity index (χ1) is 5.20. The van der Waals surface area contributed by atoms with Crippen LogP contribution >= 0.6 is 0 Å². The lowest BCUT2D eigenvalue weighted by Crippen LogP contribution is -2.15. The van der Waals surface area contributed by atoms with E-state index >= 15 is 0 Å². The smallest absolute Gasteiger partial charge is 0.371 e. The number of rotatable bonds is 5. The Bertz CT molecular complexity index is 131. The predicted octanol–water partition coefficient (Wildman–Crippen LogP) is 1.31. The highest BCUT2D eigenvalue weighted by atomic mass is 16.5. The largest absolute Gasteiger partial charge is 0.457 e. The van der Waals surface area contributed by atoms with Gasteiger partial charge in [0.1, 0.15) is 0 Å². The molecule has 3 nitrogen and oxygen atoms in total. The zero-order chi connectivity index (χ0) is 8.69. The molecule has 0 bridgehead atoms. The standard InChI is InChI=1S/C8H14O3/c1-3-4-5-7(2)11-8(10)6-9/h6-7H,3-5H2,1-2H3. The van der Waals surface area contributed by atoms with Crippen molar-refractivity contribution in [2.75, 3.05) is 0 Å². The minimum absolute atomic E-state index is 0.132. The molecular weight excluding hydrogens is 144 g/mol. The second kappa shape index (κ2) is 5.89. The maximum Gasteiger partial charge on any atom is 0.371 e. The van der Waals surface area contributed by atoms with Crippen LogP contribution in [0.4, 0.5) is 0 Å². The van der Waals surface area contributed by atoms with Crippen molar-refractivity contribution in [3.05, 3.63) is 0 Å². The van der Waals surface area contributed by atoms with E-state index < -0.39 is 5.97 Å². The number of aldehydes is 1. The molecule has 0 aliphatic heterocycles. The monoisotopic (exact) mass is 158 g/mol. The second-order valence-corrected chi connectivity index (χ2v) is 2.51. The fraction of sp³-hybridized carbons (Fsp3) is 0.750. The molecule has 0 radical (unpaired) electrons. The van der Waals surface area contributed by atoms with E-state index in [0.29, 0.717) is 0 Å². The van der Waals surface area contributed by atoms with Crippen LogP contribution in [0, 0.1) is 0 Å². The molecule has 1 unspecified atom stereocenters. The molecule has 0 fully saturated rings. The lowest BCUT2D eigenvalue weighted by molar-refractivity contribution is -0.152. The van der Waals surface area contributed by atoms with Gasteiger partial charge in [-0.3, -0.25) is 4.79 Å². The molecule has 0 spiro atoms. The number of carbonyl (C=O) groups excluding carboxylic acids is 2. The van der Waals surface area contributed by atoms with Gasteiger partial charge in [-0.2, -0.15) is 0 Å². The summed E-state index contributed by atoms with van der Waals surface area (Å²) >= 11 is 0. The fourth-order valence-electron chi connectivity index (χ4n) is 0.777. The van der Waals surface area contributed by atoms with E-state index in [0.717, 1.165) is 19.3 Å². The number of hydrogen-bond acceptors (Lipinski definition) is 3. The highest BCUT2D eigenvalue weighted by Gasteiger charge is 2.06. The summed E-state index contributed by atoms with van der Waals surface area (Å²) in [4.78, 5) is 20.2. The molecule has 11 heavy (non-hydrogen) atoms. The van der Waals surface area contributed by atoms with Crippen molar-refractivity contribution in [3.63, 3.8) is 0 Å². The van der Waals surface area contributed by atoms with Gasteiger partial charge in [0.25, 0.3) is 0 Å². The van der Waals surface area contributed by atoms with Crippen LogP contribution < -0.4 is 0 Å². The molecule has 1 atom stereocenters.